The minimum Gasteiger partial charge on any atom is -0.481 e. The lowest BCUT2D eigenvalue weighted by atomic mass is 9.33. The van der Waals surface area contributed by atoms with Crippen LogP contribution < -0.4 is 0 Å². The van der Waals surface area contributed by atoms with E-state index in [9.17, 15) is 61.0 Å². The molecule has 3 saturated heterocycles. The molecule has 5 aliphatic carbocycles. The number of ether oxygens (including phenoxy) is 6. The standard InChI is InChI=1S/C48H78O18/c1-43(2)14-16-48(42(59)60)17-15-46(6)22(23(48)18-43)8-9-28-45(5)12-11-29(44(3,4)27(45)10-13-47(28,46)7)64-41-36(58)38(66-40-35(57)33(55)31(53)25(20-50)62-40)37(26(21-51)63-41)65-39-34(56)32(54)30(52)24(19-49)61-39/h8,23-41,49-58H,9-21H2,1-7H3,(H,59,60)/t23-,24+,25+,26+,27+,28+,29-,30+,31+,32-,33-,34+,35+,36+,37+,38+,39-,40-,41-,45-,46+,47+,48-/m0/s1. The van der Waals surface area contributed by atoms with E-state index in [4.69, 9.17) is 28.4 Å². The summed E-state index contributed by atoms with van der Waals surface area (Å²) < 4.78 is 36.6. The predicted octanol–water partition coefficient (Wildman–Crippen LogP) is 0.706. The largest absolute Gasteiger partial charge is 0.481 e. The number of carboxylic acids is 1. The highest BCUT2D eigenvalue weighted by molar-refractivity contribution is 5.76. The van der Waals surface area contributed by atoms with E-state index in [1.807, 2.05) is 0 Å². The quantitative estimate of drug-likeness (QED) is 0.106. The Balaban J connectivity index is 1.06. The van der Waals surface area contributed by atoms with Crippen LogP contribution in [0.1, 0.15) is 113 Å². The van der Waals surface area contributed by atoms with Crippen molar-refractivity contribution in [2.24, 2.45) is 50.2 Å². The molecule has 0 amide bonds. The van der Waals surface area contributed by atoms with Gasteiger partial charge >= 0.3 is 5.97 Å². The van der Waals surface area contributed by atoms with Gasteiger partial charge in [-0.2, -0.15) is 0 Å². The number of allylic oxidation sites excluding steroid dienone is 2. The van der Waals surface area contributed by atoms with Crippen molar-refractivity contribution >= 4 is 5.97 Å². The number of hydrogen-bond donors (Lipinski definition) is 11. The molecule has 0 unspecified atom stereocenters. The molecule has 4 saturated carbocycles. The van der Waals surface area contributed by atoms with Crippen molar-refractivity contribution in [3.8, 4) is 0 Å². The van der Waals surface area contributed by atoms with E-state index in [0.29, 0.717) is 25.2 Å². The Kier molecular flexibility index (Phi) is 13.9. The fraction of sp³-hybridized carbons (Fsp3) is 0.938. The summed E-state index contributed by atoms with van der Waals surface area (Å²) in [5, 5.41) is 118. The number of carbonyl (C=O) groups is 1. The Morgan fingerprint density at radius 1 is 0.606 bits per heavy atom. The van der Waals surface area contributed by atoms with E-state index in [1.165, 1.54) is 5.57 Å². The topological polar surface area (TPSA) is 295 Å². The van der Waals surface area contributed by atoms with Crippen molar-refractivity contribution < 1.29 is 89.4 Å². The first kappa shape index (κ1) is 50.9. The Morgan fingerprint density at radius 3 is 1.70 bits per heavy atom. The number of aliphatic hydroxyl groups is 10. The van der Waals surface area contributed by atoms with Crippen LogP contribution in [0.3, 0.4) is 0 Å². The van der Waals surface area contributed by atoms with Crippen molar-refractivity contribution in [1.29, 1.82) is 0 Å². The normalized spacial score (nSPS) is 53.3. The third-order valence-electron chi connectivity index (χ3n) is 19.4. The smallest absolute Gasteiger partial charge is 0.310 e. The Morgan fingerprint density at radius 2 is 1.14 bits per heavy atom. The van der Waals surface area contributed by atoms with Gasteiger partial charge in [-0.15, -0.1) is 0 Å². The van der Waals surface area contributed by atoms with E-state index in [0.717, 1.165) is 44.9 Å². The van der Waals surface area contributed by atoms with Crippen molar-refractivity contribution in [2.75, 3.05) is 19.8 Å². The second-order valence-corrected chi connectivity index (χ2v) is 23.5. The lowest BCUT2D eigenvalue weighted by Crippen LogP contribution is -2.68. The van der Waals surface area contributed by atoms with E-state index in [-0.39, 0.29) is 33.5 Å². The van der Waals surface area contributed by atoms with Gasteiger partial charge in [-0.1, -0.05) is 60.1 Å². The molecule has 66 heavy (non-hydrogen) atoms. The van der Waals surface area contributed by atoms with Crippen LogP contribution >= 0.6 is 0 Å². The zero-order valence-corrected chi connectivity index (χ0v) is 39.5. The van der Waals surface area contributed by atoms with Gasteiger partial charge < -0.3 is 84.6 Å². The van der Waals surface area contributed by atoms with Crippen LogP contribution in [-0.2, 0) is 33.2 Å². The van der Waals surface area contributed by atoms with Gasteiger partial charge in [-0.25, -0.2) is 0 Å². The van der Waals surface area contributed by atoms with Gasteiger partial charge in [0.05, 0.1) is 31.3 Å². The molecule has 0 aromatic heterocycles. The van der Waals surface area contributed by atoms with Gasteiger partial charge in [0, 0.05) is 0 Å². The molecule has 3 heterocycles. The molecule has 0 aromatic carbocycles. The van der Waals surface area contributed by atoms with Crippen LogP contribution in [0.5, 0.6) is 0 Å². The third-order valence-corrected chi connectivity index (χ3v) is 19.4. The van der Waals surface area contributed by atoms with Gasteiger partial charge in [-0.05, 0) is 109 Å². The lowest BCUT2D eigenvalue weighted by molar-refractivity contribution is -0.393. The van der Waals surface area contributed by atoms with Crippen molar-refractivity contribution in [3.63, 3.8) is 0 Å². The van der Waals surface area contributed by atoms with Crippen molar-refractivity contribution in [2.45, 2.75) is 211 Å². The highest BCUT2D eigenvalue weighted by Crippen LogP contribution is 2.76. The molecule has 0 radical (unpaired) electrons. The summed E-state index contributed by atoms with van der Waals surface area (Å²) in [5.74, 6) is -0.191. The van der Waals surface area contributed by atoms with E-state index in [1.54, 1.807) is 0 Å². The van der Waals surface area contributed by atoms with Gasteiger partial charge in [0.15, 0.2) is 18.9 Å². The van der Waals surface area contributed by atoms with Crippen LogP contribution in [-0.4, -0.2) is 180 Å². The minimum absolute atomic E-state index is 0.00164. The molecule has 0 aromatic rings. The SMILES string of the molecule is CC1(C)CC[C@]2(C(=O)O)CC[C@]3(C)C(=CC[C@@H]4[C@@]5(C)CC[C@H](O[C@@H]6O[C@H](CO)[C@@H](O[C@@H]7O[C@H](CO)[C@@H](O)[C@H](O)[C@H]7O)[C@H](O[C@@H]7O[C@H](CO)[C@@H](O)[C@H](O)[C@H]7O)[C@H]6O)C(C)(C)[C@H]5CC[C@]43C)[C@@H]2C1. The van der Waals surface area contributed by atoms with E-state index in [2.05, 4.69) is 54.5 Å². The molecular weight excluding hydrogens is 865 g/mol. The average molecular weight is 943 g/mol. The molecular formula is C48H78O18. The molecule has 8 rings (SSSR count). The first-order valence-electron chi connectivity index (χ1n) is 24.3. The summed E-state index contributed by atoms with van der Waals surface area (Å²) in [6.07, 6.45) is -15.1. The molecule has 0 spiro atoms. The molecule has 18 heteroatoms. The number of carboxylic acid groups (broad SMARTS) is 1. The summed E-state index contributed by atoms with van der Waals surface area (Å²) in [7, 11) is 0. The minimum atomic E-state index is -1.90. The fourth-order valence-electron chi connectivity index (χ4n) is 15.2. The summed E-state index contributed by atoms with van der Waals surface area (Å²) in [6, 6.07) is 0. The Hall–Kier alpha value is -1.43. The van der Waals surface area contributed by atoms with E-state index >= 15 is 0 Å². The second kappa shape index (κ2) is 18.0. The van der Waals surface area contributed by atoms with Crippen LogP contribution in [0, 0.1) is 50.2 Å². The zero-order valence-electron chi connectivity index (χ0n) is 39.5. The third kappa shape index (κ3) is 7.87. The van der Waals surface area contributed by atoms with Crippen LogP contribution in [0.2, 0.25) is 0 Å². The maximum atomic E-state index is 13.2. The van der Waals surface area contributed by atoms with E-state index < -0.39 is 135 Å². The highest BCUT2D eigenvalue weighted by Gasteiger charge is 2.70. The lowest BCUT2D eigenvalue weighted by Gasteiger charge is -2.71. The van der Waals surface area contributed by atoms with Gasteiger partial charge in [-0.3, -0.25) is 4.79 Å². The molecule has 378 valence electrons. The molecule has 3 aliphatic heterocycles. The molecule has 23 atom stereocenters. The van der Waals surface area contributed by atoms with Crippen molar-refractivity contribution in [3.05, 3.63) is 11.6 Å². The maximum absolute atomic E-state index is 13.2. The number of aliphatic carboxylic acids is 1. The summed E-state index contributed by atoms with van der Waals surface area (Å²) in [4.78, 5) is 13.2. The first-order valence-corrected chi connectivity index (χ1v) is 24.3. The summed E-state index contributed by atoms with van der Waals surface area (Å²) >= 11 is 0. The Bertz CT molecular complexity index is 1790. The molecule has 7 fully saturated rings. The zero-order chi connectivity index (χ0) is 48.3. The van der Waals surface area contributed by atoms with Gasteiger partial charge in [0.25, 0.3) is 0 Å². The average Bonchev–Trinajstić information content (AvgIpc) is 3.26. The fourth-order valence-corrected chi connectivity index (χ4v) is 15.2. The molecule has 11 N–H and O–H groups in total. The van der Waals surface area contributed by atoms with Gasteiger partial charge in [0.1, 0.15) is 73.2 Å². The maximum Gasteiger partial charge on any atom is 0.310 e. The molecule has 0 bridgehead atoms. The summed E-state index contributed by atoms with van der Waals surface area (Å²) in [6.45, 7) is 13.9. The Labute approximate surface area is 387 Å². The highest BCUT2D eigenvalue weighted by atomic mass is 16.8. The second-order valence-electron chi connectivity index (χ2n) is 23.5. The van der Waals surface area contributed by atoms with Crippen LogP contribution in [0.15, 0.2) is 11.6 Å². The number of hydrogen-bond acceptors (Lipinski definition) is 17. The molecule has 8 aliphatic rings. The number of aliphatic hydroxyl groups excluding tert-OH is 10. The monoisotopic (exact) mass is 943 g/mol. The van der Waals surface area contributed by atoms with Crippen LogP contribution in [0.25, 0.3) is 0 Å². The van der Waals surface area contributed by atoms with Crippen molar-refractivity contribution in [1.82, 2.24) is 0 Å². The predicted molar refractivity (Wildman–Crippen MR) is 231 cm³/mol. The first-order chi connectivity index (χ1) is 30.9. The van der Waals surface area contributed by atoms with Crippen LogP contribution in [0.4, 0.5) is 0 Å². The molecule has 18 nitrogen and oxygen atoms in total. The summed E-state index contributed by atoms with van der Waals surface area (Å²) in [5.41, 5.74) is -0.183. The number of fused-ring (bicyclic) bond motifs is 7. The number of rotatable bonds is 10. The van der Waals surface area contributed by atoms with Gasteiger partial charge in [0.2, 0.25) is 0 Å².